The number of nitrogens with zero attached hydrogens (tertiary/aromatic N) is 3. The number of hydrogen-bond donors (Lipinski definition) is 1. The van der Waals surface area contributed by atoms with E-state index >= 15 is 0 Å². The summed E-state index contributed by atoms with van der Waals surface area (Å²) in [5.41, 5.74) is -0.493. The lowest BCUT2D eigenvalue weighted by Gasteiger charge is -2.28. The van der Waals surface area contributed by atoms with E-state index in [1.54, 1.807) is 11.8 Å². The first-order chi connectivity index (χ1) is 10.8. The molecule has 1 aliphatic heterocycles. The van der Waals surface area contributed by atoms with Crippen LogP contribution >= 0.6 is 0 Å². The summed E-state index contributed by atoms with van der Waals surface area (Å²) in [7, 11) is 0. The lowest BCUT2D eigenvalue weighted by atomic mass is 10.1. The summed E-state index contributed by atoms with van der Waals surface area (Å²) in [6.45, 7) is 6.04. The van der Waals surface area contributed by atoms with Gasteiger partial charge in [-0.15, -0.1) is 0 Å². The molecule has 1 unspecified atom stereocenters. The van der Waals surface area contributed by atoms with Gasteiger partial charge in [-0.05, 0) is 18.3 Å². The van der Waals surface area contributed by atoms with Crippen LogP contribution in [0.1, 0.15) is 57.3 Å². The Hall–Kier alpha value is -1.92. The van der Waals surface area contributed by atoms with E-state index in [1.807, 2.05) is 13.8 Å². The van der Waals surface area contributed by atoms with Crippen LogP contribution in [0.2, 0.25) is 0 Å². The van der Waals surface area contributed by atoms with E-state index in [4.69, 9.17) is 4.52 Å². The van der Waals surface area contributed by atoms with Gasteiger partial charge in [0.1, 0.15) is 0 Å². The highest BCUT2D eigenvalue weighted by atomic mass is 16.5. The molecule has 1 saturated carbocycles. The smallest absolute Gasteiger partial charge is 0.307 e. The maximum atomic E-state index is 13.0. The molecule has 3 rings (SSSR count). The standard InChI is InChI=1S/C16H23N3O4/c1-9-17-13(18-23-9)10-7-5-4-6-8-19(10)14(20)11-12(15(21)22)16(11,2)3/h10-12H,4-8H2,1-3H3,(H,21,22)/t10?,11-,12+/m0/s1. The second-order valence-electron chi connectivity index (χ2n) is 7.18. The molecule has 1 N–H and O–H groups in total. The van der Waals surface area contributed by atoms with Crippen molar-refractivity contribution in [3.63, 3.8) is 0 Å². The molecule has 2 aliphatic rings. The van der Waals surface area contributed by atoms with Crippen molar-refractivity contribution in [3.8, 4) is 0 Å². The third-order valence-corrected chi connectivity index (χ3v) is 5.24. The second-order valence-corrected chi connectivity index (χ2v) is 7.18. The molecular weight excluding hydrogens is 298 g/mol. The minimum absolute atomic E-state index is 0.0863. The minimum atomic E-state index is -0.893. The number of likely N-dealkylation sites (tertiary alicyclic amines) is 1. The van der Waals surface area contributed by atoms with Gasteiger partial charge in [0.05, 0.1) is 17.9 Å². The molecule has 0 spiro atoms. The van der Waals surface area contributed by atoms with Crippen molar-refractivity contribution in [3.05, 3.63) is 11.7 Å². The van der Waals surface area contributed by atoms with Gasteiger partial charge in [0.15, 0.2) is 5.82 Å². The van der Waals surface area contributed by atoms with Gasteiger partial charge >= 0.3 is 5.97 Å². The first-order valence-electron chi connectivity index (χ1n) is 8.17. The summed E-state index contributed by atoms with van der Waals surface area (Å²) < 4.78 is 5.07. The molecule has 1 aromatic heterocycles. The topological polar surface area (TPSA) is 96.5 Å². The number of carboxylic acid groups (broad SMARTS) is 1. The average Bonchev–Trinajstić information content (AvgIpc) is 2.96. The van der Waals surface area contributed by atoms with Gasteiger partial charge in [0.25, 0.3) is 0 Å². The monoisotopic (exact) mass is 321 g/mol. The molecule has 1 aromatic rings. The molecule has 126 valence electrons. The Morgan fingerprint density at radius 2 is 2.00 bits per heavy atom. The highest BCUT2D eigenvalue weighted by Gasteiger charge is 2.67. The van der Waals surface area contributed by atoms with Gasteiger partial charge in [-0.3, -0.25) is 9.59 Å². The van der Waals surface area contributed by atoms with E-state index < -0.39 is 23.2 Å². The van der Waals surface area contributed by atoms with Gasteiger partial charge in [-0.1, -0.05) is 31.8 Å². The minimum Gasteiger partial charge on any atom is -0.481 e. The molecule has 23 heavy (non-hydrogen) atoms. The quantitative estimate of drug-likeness (QED) is 0.916. The fraction of sp³-hybridized carbons (Fsp3) is 0.750. The number of aromatic nitrogens is 2. The van der Waals surface area contributed by atoms with Gasteiger partial charge < -0.3 is 14.5 Å². The van der Waals surface area contributed by atoms with Gasteiger partial charge in [0, 0.05) is 13.5 Å². The third-order valence-electron chi connectivity index (χ3n) is 5.24. The van der Waals surface area contributed by atoms with Crippen LogP contribution in [0, 0.1) is 24.2 Å². The van der Waals surface area contributed by atoms with Crippen LogP contribution in [-0.2, 0) is 9.59 Å². The molecule has 0 bridgehead atoms. The highest BCUT2D eigenvalue weighted by molar-refractivity contribution is 5.91. The Balaban J connectivity index is 1.86. The summed E-state index contributed by atoms with van der Waals surface area (Å²) >= 11 is 0. The summed E-state index contributed by atoms with van der Waals surface area (Å²) in [5, 5.41) is 13.3. The Labute approximate surface area is 135 Å². The number of rotatable bonds is 3. The van der Waals surface area contributed by atoms with Gasteiger partial charge in [0.2, 0.25) is 11.8 Å². The van der Waals surface area contributed by atoms with Gasteiger partial charge in [-0.2, -0.15) is 4.98 Å². The fourth-order valence-electron chi connectivity index (χ4n) is 3.83. The maximum Gasteiger partial charge on any atom is 0.307 e. The zero-order valence-electron chi connectivity index (χ0n) is 13.8. The Bertz CT molecular complexity index is 625. The number of carboxylic acids is 1. The molecule has 2 heterocycles. The SMILES string of the molecule is Cc1nc(C2CCCCCN2C(=O)[C@@H]2[C@H](C(=O)O)C2(C)C)no1. The predicted molar refractivity (Wildman–Crippen MR) is 80.4 cm³/mol. The van der Waals surface area contributed by atoms with Crippen molar-refractivity contribution in [1.29, 1.82) is 0 Å². The number of aryl methyl sites for hydroxylation is 1. The molecule has 1 aliphatic carbocycles. The molecule has 1 amide bonds. The van der Waals surface area contributed by atoms with Crippen molar-refractivity contribution in [2.75, 3.05) is 6.54 Å². The number of hydrogen-bond acceptors (Lipinski definition) is 5. The Morgan fingerprint density at radius 1 is 1.26 bits per heavy atom. The van der Waals surface area contributed by atoms with Crippen LogP contribution in [0.4, 0.5) is 0 Å². The molecule has 0 aromatic carbocycles. The molecule has 7 heteroatoms. The maximum absolute atomic E-state index is 13.0. The van der Waals surface area contributed by atoms with Crippen molar-refractivity contribution in [1.82, 2.24) is 15.0 Å². The van der Waals surface area contributed by atoms with Crippen LogP contribution in [0.3, 0.4) is 0 Å². The summed E-state index contributed by atoms with van der Waals surface area (Å²) in [5.74, 6) is -1.04. The lowest BCUT2D eigenvalue weighted by molar-refractivity contribution is -0.142. The van der Waals surface area contributed by atoms with E-state index in [0.717, 1.165) is 25.7 Å². The lowest BCUT2D eigenvalue weighted by Crippen LogP contribution is -2.37. The first-order valence-corrected chi connectivity index (χ1v) is 8.17. The van der Waals surface area contributed by atoms with E-state index in [-0.39, 0.29) is 11.9 Å². The van der Waals surface area contributed by atoms with E-state index in [2.05, 4.69) is 10.1 Å². The second kappa shape index (κ2) is 5.62. The molecular formula is C16H23N3O4. The largest absolute Gasteiger partial charge is 0.481 e. The number of amides is 1. The Kier molecular flexibility index (Phi) is 3.90. The molecule has 7 nitrogen and oxygen atoms in total. The number of aliphatic carboxylic acids is 1. The van der Waals surface area contributed by atoms with Crippen LogP contribution in [0.15, 0.2) is 4.52 Å². The molecule has 2 fully saturated rings. The van der Waals surface area contributed by atoms with Crippen molar-refractivity contribution in [2.45, 2.75) is 52.5 Å². The van der Waals surface area contributed by atoms with Crippen LogP contribution in [-0.4, -0.2) is 38.6 Å². The molecule has 3 atom stereocenters. The van der Waals surface area contributed by atoms with E-state index in [9.17, 15) is 14.7 Å². The summed E-state index contributed by atoms with van der Waals surface area (Å²) in [4.78, 5) is 30.5. The fourth-order valence-corrected chi connectivity index (χ4v) is 3.83. The molecule has 0 radical (unpaired) electrons. The predicted octanol–water partition coefficient (Wildman–Crippen LogP) is 2.18. The zero-order valence-corrected chi connectivity index (χ0v) is 13.8. The Morgan fingerprint density at radius 3 is 2.57 bits per heavy atom. The van der Waals surface area contributed by atoms with Gasteiger partial charge in [-0.25, -0.2) is 0 Å². The average molecular weight is 321 g/mol. The van der Waals surface area contributed by atoms with Crippen molar-refractivity contribution >= 4 is 11.9 Å². The van der Waals surface area contributed by atoms with E-state index in [1.165, 1.54) is 0 Å². The van der Waals surface area contributed by atoms with Crippen LogP contribution in [0.5, 0.6) is 0 Å². The summed E-state index contributed by atoms with van der Waals surface area (Å²) in [6, 6.07) is -0.215. The number of carbonyl (C=O) groups is 2. The van der Waals surface area contributed by atoms with E-state index in [0.29, 0.717) is 18.3 Å². The third kappa shape index (κ3) is 2.72. The van der Waals surface area contributed by atoms with Crippen molar-refractivity contribution in [2.24, 2.45) is 17.3 Å². The zero-order chi connectivity index (χ0) is 16.8. The number of carbonyl (C=O) groups excluding carboxylic acids is 1. The van der Waals surface area contributed by atoms with Crippen LogP contribution < -0.4 is 0 Å². The first kappa shape index (κ1) is 16.0. The normalized spacial score (nSPS) is 29.9. The highest BCUT2D eigenvalue weighted by Crippen LogP contribution is 2.59. The van der Waals surface area contributed by atoms with Crippen molar-refractivity contribution < 1.29 is 19.2 Å². The molecule has 1 saturated heterocycles. The van der Waals surface area contributed by atoms with Crippen LogP contribution in [0.25, 0.3) is 0 Å². The summed E-state index contributed by atoms with van der Waals surface area (Å²) in [6.07, 6.45) is 3.76.